The largest absolute Gasteiger partial charge is 0.466 e. The normalized spacial score (nSPS) is 17.6. The zero-order chi connectivity index (χ0) is 16.1. The second kappa shape index (κ2) is 6.85. The van der Waals surface area contributed by atoms with E-state index >= 15 is 0 Å². The maximum atomic E-state index is 11.8. The Labute approximate surface area is 127 Å². The maximum absolute atomic E-state index is 11.8. The van der Waals surface area contributed by atoms with Crippen LogP contribution < -0.4 is 4.90 Å². The second-order valence-electron chi connectivity index (χ2n) is 4.94. The van der Waals surface area contributed by atoms with Crippen LogP contribution in [0.1, 0.15) is 25.5 Å². The lowest BCUT2D eigenvalue weighted by molar-refractivity contribution is -0.385. The number of pyridine rings is 1. The Morgan fingerprint density at radius 1 is 1.64 bits per heavy atom. The van der Waals surface area contributed by atoms with Gasteiger partial charge in [0.2, 0.25) is 5.69 Å². The van der Waals surface area contributed by atoms with Crippen molar-refractivity contribution in [1.82, 2.24) is 4.98 Å². The lowest BCUT2D eigenvalue weighted by Gasteiger charge is -2.32. The predicted molar refractivity (Wildman–Crippen MR) is 77.2 cm³/mol. The van der Waals surface area contributed by atoms with Crippen molar-refractivity contribution in [2.75, 3.05) is 24.6 Å². The number of ether oxygens (including phenoxy) is 1. The molecule has 22 heavy (non-hydrogen) atoms. The lowest BCUT2D eigenvalue weighted by atomic mass is 9.98. The number of piperidine rings is 1. The minimum Gasteiger partial charge on any atom is -0.466 e. The molecular formula is C14H16N4O4. The number of hydrogen-bond acceptors (Lipinski definition) is 7. The highest BCUT2D eigenvalue weighted by Crippen LogP contribution is 2.25. The summed E-state index contributed by atoms with van der Waals surface area (Å²) in [5.74, 6) is -0.0120. The molecule has 0 radical (unpaired) electrons. The first-order valence-electron chi connectivity index (χ1n) is 7.04. The Morgan fingerprint density at radius 3 is 3.05 bits per heavy atom. The van der Waals surface area contributed by atoms with Crippen LogP contribution in [-0.2, 0) is 9.53 Å². The zero-order valence-electron chi connectivity index (χ0n) is 12.2. The Hall–Kier alpha value is -2.69. The van der Waals surface area contributed by atoms with Gasteiger partial charge in [0.25, 0.3) is 0 Å². The molecule has 0 aliphatic carbocycles. The molecule has 1 fully saturated rings. The van der Waals surface area contributed by atoms with Gasteiger partial charge in [0.1, 0.15) is 11.9 Å². The topological polar surface area (TPSA) is 109 Å². The summed E-state index contributed by atoms with van der Waals surface area (Å²) in [6, 6.07) is 4.52. The summed E-state index contributed by atoms with van der Waals surface area (Å²) in [7, 11) is 0. The number of anilines is 1. The highest BCUT2D eigenvalue weighted by molar-refractivity contribution is 5.73. The van der Waals surface area contributed by atoms with Gasteiger partial charge < -0.3 is 9.64 Å². The van der Waals surface area contributed by atoms with Gasteiger partial charge in [-0.2, -0.15) is 5.26 Å². The number of aromatic nitrogens is 1. The van der Waals surface area contributed by atoms with Crippen molar-refractivity contribution in [2.45, 2.75) is 19.8 Å². The van der Waals surface area contributed by atoms with Crippen molar-refractivity contribution in [3.63, 3.8) is 0 Å². The van der Waals surface area contributed by atoms with Crippen molar-refractivity contribution < 1.29 is 14.5 Å². The van der Waals surface area contributed by atoms with Gasteiger partial charge in [0.05, 0.1) is 17.4 Å². The smallest absolute Gasteiger partial charge is 0.310 e. The highest BCUT2D eigenvalue weighted by Gasteiger charge is 2.28. The molecule has 1 aliphatic heterocycles. The zero-order valence-corrected chi connectivity index (χ0v) is 12.2. The van der Waals surface area contributed by atoms with Gasteiger partial charge >= 0.3 is 11.7 Å². The molecule has 8 nitrogen and oxygen atoms in total. The van der Waals surface area contributed by atoms with Gasteiger partial charge in [-0.15, -0.1) is 0 Å². The lowest BCUT2D eigenvalue weighted by Crippen LogP contribution is -2.39. The Bertz CT molecular complexity index is 626. The van der Waals surface area contributed by atoms with E-state index in [1.165, 1.54) is 12.1 Å². The fourth-order valence-corrected chi connectivity index (χ4v) is 2.48. The van der Waals surface area contributed by atoms with Crippen LogP contribution in [0.4, 0.5) is 11.5 Å². The molecule has 0 aromatic carbocycles. The van der Waals surface area contributed by atoms with Gasteiger partial charge in [-0.25, -0.2) is 4.98 Å². The van der Waals surface area contributed by atoms with E-state index in [0.29, 0.717) is 25.5 Å². The van der Waals surface area contributed by atoms with E-state index < -0.39 is 4.92 Å². The highest BCUT2D eigenvalue weighted by atomic mass is 16.6. The van der Waals surface area contributed by atoms with E-state index in [0.717, 1.165) is 12.8 Å². The molecule has 0 amide bonds. The van der Waals surface area contributed by atoms with E-state index in [4.69, 9.17) is 10.00 Å². The van der Waals surface area contributed by atoms with Gasteiger partial charge in [-0.05, 0) is 25.8 Å². The van der Waals surface area contributed by atoms with Crippen molar-refractivity contribution in [3.05, 3.63) is 27.9 Å². The molecule has 1 aromatic heterocycles. The van der Waals surface area contributed by atoms with E-state index in [2.05, 4.69) is 4.98 Å². The van der Waals surface area contributed by atoms with E-state index in [-0.39, 0.29) is 23.3 Å². The molecule has 8 heteroatoms. The molecule has 1 atom stereocenters. The number of esters is 1. The third kappa shape index (κ3) is 3.31. The van der Waals surface area contributed by atoms with Crippen LogP contribution in [0, 0.1) is 27.4 Å². The predicted octanol–water partition coefficient (Wildman–Crippen LogP) is 1.64. The van der Waals surface area contributed by atoms with Crippen LogP contribution in [0.2, 0.25) is 0 Å². The van der Waals surface area contributed by atoms with Crippen LogP contribution in [-0.4, -0.2) is 35.6 Å². The Kier molecular flexibility index (Phi) is 4.88. The SMILES string of the molecule is CCOC(=O)C1CCCN(c2ccc([N+](=O)[O-])c(C#N)n2)C1. The average Bonchev–Trinajstić information content (AvgIpc) is 2.54. The molecule has 2 heterocycles. The molecule has 1 unspecified atom stereocenters. The summed E-state index contributed by atoms with van der Waals surface area (Å²) >= 11 is 0. The summed E-state index contributed by atoms with van der Waals surface area (Å²) < 4.78 is 5.03. The van der Waals surface area contributed by atoms with Crippen molar-refractivity contribution in [2.24, 2.45) is 5.92 Å². The van der Waals surface area contributed by atoms with Crippen LogP contribution in [0.15, 0.2) is 12.1 Å². The molecule has 0 N–H and O–H groups in total. The monoisotopic (exact) mass is 304 g/mol. The summed E-state index contributed by atoms with van der Waals surface area (Å²) in [6.45, 7) is 3.22. The number of nitrogens with zero attached hydrogens (tertiary/aromatic N) is 4. The minimum absolute atomic E-state index is 0.222. The number of carbonyl (C=O) groups excluding carboxylic acids is 1. The van der Waals surface area contributed by atoms with Crippen LogP contribution in [0.5, 0.6) is 0 Å². The third-order valence-electron chi connectivity index (χ3n) is 3.53. The molecule has 1 aromatic rings. The van der Waals surface area contributed by atoms with Gasteiger partial charge in [0.15, 0.2) is 0 Å². The molecule has 2 rings (SSSR count). The molecule has 116 valence electrons. The fourth-order valence-electron chi connectivity index (χ4n) is 2.48. The minimum atomic E-state index is -0.632. The Balaban J connectivity index is 2.19. The van der Waals surface area contributed by atoms with Gasteiger partial charge in [-0.1, -0.05) is 0 Å². The van der Waals surface area contributed by atoms with Crippen LogP contribution >= 0.6 is 0 Å². The molecule has 1 saturated heterocycles. The molecule has 0 spiro atoms. The molecular weight excluding hydrogens is 288 g/mol. The van der Waals surface area contributed by atoms with Crippen molar-refractivity contribution in [1.29, 1.82) is 5.26 Å². The number of carbonyl (C=O) groups is 1. The van der Waals surface area contributed by atoms with Gasteiger partial charge in [0, 0.05) is 19.2 Å². The molecule has 0 bridgehead atoms. The number of nitro groups is 1. The number of rotatable bonds is 4. The van der Waals surface area contributed by atoms with Gasteiger partial charge in [-0.3, -0.25) is 14.9 Å². The average molecular weight is 304 g/mol. The van der Waals surface area contributed by atoms with E-state index in [9.17, 15) is 14.9 Å². The van der Waals surface area contributed by atoms with Crippen molar-refractivity contribution in [3.8, 4) is 6.07 Å². The van der Waals surface area contributed by atoms with Crippen LogP contribution in [0.25, 0.3) is 0 Å². The third-order valence-corrected chi connectivity index (χ3v) is 3.53. The number of nitriles is 1. The molecule has 0 saturated carbocycles. The Morgan fingerprint density at radius 2 is 2.41 bits per heavy atom. The standard InChI is InChI=1S/C14H16N4O4/c1-2-22-14(19)10-4-3-7-17(9-10)13-6-5-12(18(20)21)11(8-15)16-13/h5-6,10H,2-4,7,9H2,1H3. The molecule has 1 aliphatic rings. The maximum Gasteiger partial charge on any atom is 0.310 e. The summed E-state index contributed by atoms with van der Waals surface area (Å²) in [5, 5.41) is 19.8. The van der Waals surface area contributed by atoms with E-state index in [1.54, 1.807) is 13.0 Å². The first kappa shape index (κ1) is 15.7. The first-order valence-corrected chi connectivity index (χ1v) is 7.04. The summed E-state index contributed by atoms with van der Waals surface area (Å²) in [6.07, 6.45) is 1.54. The van der Waals surface area contributed by atoms with E-state index in [1.807, 2.05) is 4.90 Å². The van der Waals surface area contributed by atoms with Crippen molar-refractivity contribution >= 4 is 17.5 Å². The first-order chi connectivity index (χ1) is 10.6. The summed E-state index contributed by atoms with van der Waals surface area (Å²) in [5.41, 5.74) is -0.536. The quantitative estimate of drug-likeness (QED) is 0.472. The number of hydrogen-bond donors (Lipinski definition) is 0. The second-order valence-corrected chi connectivity index (χ2v) is 4.94. The summed E-state index contributed by atoms with van der Waals surface area (Å²) in [4.78, 5) is 27.9. The van der Waals surface area contributed by atoms with Crippen LogP contribution in [0.3, 0.4) is 0 Å². The fraction of sp³-hybridized carbons (Fsp3) is 0.500.